The first-order valence-corrected chi connectivity index (χ1v) is 13.3. The predicted molar refractivity (Wildman–Crippen MR) is 148 cm³/mol. The molecule has 0 saturated carbocycles. The molecule has 0 aliphatic heterocycles. The number of unbranched alkanes of at least 4 members (excludes halogenated alkanes) is 1. The number of carbonyl (C=O) groups excluding carboxylic acids is 2. The Labute approximate surface area is 220 Å². The lowest BCUT2D eigenvalue weighted by Crippen LogP contribution is -2.50. The van der Waals surface area contributed by atoms with Crippen molar-refractivity contribution in [3.8, 4) is 0 Å². The van der Waals surface area contributed by atoms with Gasteiger partial charge < -0.3 is 10.2 Å². The topological polar surface area (TPSA) is 49.4 Å². The summed E-state index contributed by atoms with van der Waals surface area (Å²) in [7, 11) is 0. The van der Waals surface area contributed by atoms with Gasteiger partial charge in [-0.3, -0.25) is 9.59 Å². The van der Waals surface area contributed by atoms with Crippen LogP contribution in [0, 0.1) is 0 Å². The summed E-state index contributed by atoms with van der Waals surface area (Å²) >= 11 is 6.48. The van der Waals surface area contributed by atoms with Crippen molar-refractivity contribution in [3.05, 3.63) is 106 Å². The van der Waals surface area contributed by atoms with Crippen molar-refractivity contribution in [3.63, 3.8) is 0 Å². The van der Waals surface area contributed by atoms with Crippen LogP contribution in [0.5, 0.6) is 0 Å². The lowest BCUT2D eigenvalue weighted by molar-refractivity contribution is -0.141. The van der Waals surface area contributed by atoms with Gasteiger partial charge in [-0.15, -0.1) is 0 Å². The summed E-state index contributed by atoms with van der Waals surface area (Å²) in [5, 5.41) is 3.65. The summed E-state index contributed by atoms with van der Waals surface area (Å²) in [6, 6.07) is 25.2. The smallest absolute Gasteiger partial charge is 0.243 e. The lowest BCUT2D eigenvalue weighted by Gasteiger charge is -2.32. The quantitative estimate of drug-likeness (QED) is 0.274. The largest absolute Gasteiger partial charge is 0.354 e. The fourth-order valence-electron chi connectivity index (χ4n) is 4.21. The van der Waals surface area contributed by atoms with Crippen molar-refractivity contribution >= 4 is 23.4 Å². The van der Waals surface area contributed by atoms with Gasteiger partial charge in [0, 0.05) is 31.0 Å². The Hall–Kier alpha value is -3.11. The number of hydrogen-bond acceptors (Lipinski definition) is 2. The Kier molecular flexibility index (Phi) is 11.0. The summed E-state index contributed by atoms with van der Waals surface area (Å²) in [5.41, 5.74) is 4.24. The van der Waals surface area contributed by atoms with Crippen LogP contribution < -0.4 is 5.32 Å². The van der Waals surface area contributed by atoms with Crippen LogP contribution in [-0.2, 0) is 35.4 Å². The molecule has 3 aromatic carbocycles. The van der Waals surface area contributed by atoms with E-state index in [2.05, 4.69) is 43.4 Å². The zero-order chi connectivity index (χ0) is 25.8. The Balaban J connectivity index is 1.87. The third-order valence-corrected chi connectivity index (χ3v) is 6.83. The highest BCUT2D eigenvalue weighted by Gasteiger charge is 2.30. The monoisotopic (exact) mass is 504 g/mol. The molecule has 0 unspecified atom stereocenters. The fraction of sp³-hybridized carbons (Fsp3) is 0.355. The average molecular weight is 505 g/mol. The number of halogens is 1. The maximum Gasteiger partial charge on any atom is 0.243 e. The molecule has 4 nitrogen and oxygen atoms in total. The van der Waals surface area contributed by atoms with Gasteiger partial charge in [0.05, 0.1) is 0 Å². The van der Waals surface area contributed by atoms with Crippen LogP contribution in [-0.4, -0.2) is 29.3 Å². The minimum absolute atomic E-state index is 0.0546. The van der Waals surface area contributed by atoms with Crippen LogP contribution in [0.1, 0.15) is 55.4 Å². The van der Waals surface area contributed by atoms with E-state index in [-0.39, 0.29) is 18.4 Å². The van der Waals surface area contributed by atoms with Gasteiger partial charge in [-0.25, -0.2) is 0 Å². The minimum atomic E-state index is -0.629. The van der Waals surface area contributed by atoms with Gasteiger partial charge in [0.25, 0.3) is 0 Å². The highest BCUT2D eigenvalue weighted by molar-refractivity contribution is 6.31. The molecule has 2 amide bonds. The molecule has 3 rings (SSSR count). The summed E-state index contributed by atoms with van der Waals surface area (Å²) < 4.78 is 0. The van der Waals surface area contributed by atoms with Gasteiger partial charge >= 0.3 is 0 Å². The van der Waals surface area contributed by atoms with Crippen LogP contribution >= 0.6 is 11.6 Å². The molecule has 0 fully saturated rings. The van der Waals surface area contributed by atoms with E-state index in [1.807, 2.05) is 54.6 Å². The number of benzene rings is 3. The second-order valence-electron chi connectivity index (χ2n) is 9.13. The van der Waals surface area contributed by atoms with E-state index in [0.29, 0.717) is 30.8 Å². The van der Waals surface area contributed by atoms with Crippen LogP contribution in [0.3, 0.4) is 0 Å². The average Bonchev–Trinajstić information content (AvgIpc) is 2.91. The third-order valence-electron chi connectivity index (χ3n) is 6.46. The predicted octanol–water partition coefficient (Wildman–Crippen LogP) is 6.39. The van der Waals surface area contributed by atoms with Crippen molar-refractivity contribution in [2.45, 2.75) is 65.0 Å². The normalized spacial score (nSPS) is 11.6. The van der Waals surface area contributed by atoms with Gasteiger partial charge in [-0.1, -0.05) is 105 Å². The van der Waals surface area contributed by atoms with E-state index in [9.17, 15) is 9.59 Å². The number of aryl methyl sites for hydroxylation is 2. The second kappa shape index (κ2) is 14.4. The maximum atomic E-state index is 13.7. The molecule has 0 bridgehead atoms. The number of hydrogen-bond donors (Lipinski definition) is 1. The summed E-state index contributed by atoms with van der Waals surface area (Å²) in [5.74, 6) is -0.180. The zero-order valence-corrected chi connectivity index (χ0v) is 22.1. The van der Waals surface area contributed by atoms with E-state index in [1.165, 1.54) is 5.56 Å². The van der Waals surface area contributed by atoms with Crippen LogP contribution in [0.15, 0.2) is 78.9 Å². The molecule has 0 aliphatic rings. The summed E-state index contributed by atoms with van der Waals surface area (Å²) in [6.07, 6.45) is 4.26. The minimum Gasteiger partial charge on any atom is -0.354 e. The zero-order valence-electron chi connectivity index (χ0n) is 21.4. The first-order valence-electron chi connectivity index (χ1n) is 12.9. The van der Waals surface area contributed by atoms with Gasteiger partial charge in [0.15, 0.2) is 0 Å². The highest BCUT2D eigenvalue weighted by Crippen LogP contribution is 2.21. The standard InChI is InChI=1S/C31H37ClN2O2/c1-3-5-21-33-31(36)29(22-26-11-7-6-8-12-26)34(23-27-13-9-10-14-28(27)32)30(35)20-19-25-17-15-24(4-2)16-18-25/h6-18,29H,3-5,19-23H2,1-2H3,(H,33,36)/t29-/m0/s1. The molecule has 0 radical (unpaired) electrons. The lowest BCUT2D eigenvalue weighted by atomic mass is 10.0. The molecular formula is C31H37ClN2O2. The molecule has 3 aromatic rings. The van der Waals surface area contributed by atoms with E-state index in [1.54, 1.807) is 4.90 Å². The molecule has 1 atom stereocenters. The van der Waals surface area contributed by atoms with Crippen molar-refractivity contribution in [2.75, 3.05) is 6.54 Å². The van der Waals surface area contributed by atoms with Gasteiger partial charge in [-0.05, 0) is 47.6 Å². The molecule has 190 valence electrons. The van der Waals surface area contributed by atoms with Crippen molar-refractivity contribution in [1.82, 2.24) is 10.2 Å². The molecular weight excluding hydrogens is 468 g/mol. The summed E-state index contributed by atoms with van der Waals surface area (Å²) in [6.45, 7) is 5.10. The number of nitrogens with zero attached hydrogens (tertiary/aromatic N) is 1. The second-order valence-corrected chi connectivity index (χ2v) is 9.54. The van der Waals surface area contributed by atoms with E-state index < -0.39 is 6.04 Å². The van der Waals surface area contributed by atoms with E-state index >= 15 is 0 Å². The van der Waals surface area contributed by atoms with Crippen LogP contribution in [0.4, 0.5) is 0 Å². The van der Waals surface area contributed by atoms with Crippen molar-refractivity contribution in [1.29, 1.82) is 0 Å². The molecule has 36 heavy (non-hydrogen) atoms. The first-order chi connectivity index (χ1) is 17.5. The SMILES string of the molecule is CCCCNC(=O)[C@H](Cc1ccccc1)N(Cc1ccccc1Cl)C(=O)CCc1ccc(CC)cc1. The van der Waals surface area contributed by atoms with Crippen molar-refractivity contribution in [2.24, 2.45) is 0 Å². The summed E-state index contributed by atoms with van der Waals surface area (Å²) in [4.78, 5) is 28.9. The maximum absolute atomic E-state index is 13.7. The molecule has 0 aromatic heterocycles. The molecule has 0 saturated heterocycles. The van der Waals surface area contributed by atoms with Crippen LogP contribution in [0.25, 0.3) is 0 Å². The first kappa shape index (κ1) is 27.5. The number of carbonyl (C=O) groups is 2. The Morgan fingerprint density at radius 3 is 2.19 bits per heavy atom. The van der Waals surface area contributed by atoms with Crippen molar-refractivity contribution < 1.29 is 9.59 Å². The molecule has 0 spiro atoms. The Morgan fingerprint density at radius 2 is 1.53 bits per heavy atom. The molecule has 0 aliphatic carbocycles. The van der Waals surface area contributed by atoms with Gasteiger partial charge in [0.1, 0.15) is 6.04 Å². The number of rotatable bonds is 13. The number of nitrogens with one attached hydrogen (secondary N) is 1. The Morgan fingerprint density at radius 1 is 0.861 bits per heavy atom. The third kappa shape index (κ3) is 8.23. The Bertz CT molecular complexity index is 1100. The molecule has 1 N–H and O–H groups in total. The fourth-order valence-corrected chi connectivity index (χ4v) is 4.40. The molecule has 5 heteroatoms. The number of amides is 2. The molecule has 0 heterocycles. The van der Waals surface area contributed by atoms with Crippen LogP contribution in [0.2, 0.25) is 5.02 Å². The van der Waals surface area contributed by atoms with E-state index in [0.717, 1.165) is 36.0 Å². The highest BCUT2D eigenvalue weighted by atomic mass is 35.5. The van der Waals surface area contributed by atoms with Gasteiger partial charge in [0.2, 0.25) is 11.8 Å². The van der Waals surface area contributed by atoms with E-state index in [4.69, 9.17) is 11.6 Å². The van der Waals surface area contributed by atoms with Gasteiger partial charge in [-0.2, -0.15) is 0 Å².